The van der Waals surface area contributed by atoms with E-state index in [9.17, 15) is 0 Å². The minimum atomic E-state index is 0.657. The quantitative estimate of drug-likeness (QED) is 0.668. The Hall–Kier alpha value is -2.29. The molecule has 1 aromatic carbocycles. The Labute approximate surface area is 99.3 Å². The minimum Gasteiger partial charge on any atom is -0.436 e. The lowest BCUT2D eigenvalue weighted by Crippen LogP contribution is -1.78. The molecule has 0 fully saturated rings. The number of hydrogen-bond acceptors (Lipinski definition) is 2. The van der Waals surface area contributed by atoms with Crippen molar-refractivity contribution >= 4 is 0 Å². The summed E-state index contributed by atoms with van der Waals surface area (Å²) in [6.45, 7) is 0. The molecule has 0 amide bonds. The fourth-order valence-electron chi connectivity index (χ4n) is 1.77. The third-order valence-electron chi connectivity index (χ3n) is 2.64. The van der Waals surface area contributed by atoms with E-state index in [-0.39, 0.29) is 0 Å². The number of nitrogens with zero attached hydrogens (tertiary/aromatic N) is 2. The highest BCUT2D eigenvalue weighted by Crippen LogP contribution is 2.25. The highest BCUT2D eigenvalue weighted by Gasteiger charge is 2.08. The number of hydrogen-bond donors (Lipinski definition) is 0. The SMILES string of the molecule is Cn1ccc(-c2ncc(-c3ccccc3)o2)c1. The predicted octanol–water partition coefficient (Wildman–Crippen LogP) is 3.35. The summed E-state index contributed by atoms with van der Waals surface area (Å²) < 4.78 is 7.72. The molecular formula is C14H12N2O. The van der Waals surface area contributed by atoms with Crippen molar-refractivity contribution in [1.82, 2.24) is 9.55 Å². The minimum absolute atomic E-state index is 0.657. The molecule has 0 N–H and O–H groups in total. The second-order valence-electron chi connectivity index (χ2n) is 3.96. The van der Waals surface area contributed by atoms with Gasteiger partial charge in [-0.05, 0) is 6.07 Å². The van der Waals surface area contributed by atoms with E-state index in [1.165, 1.54) is 0 Å². The van der Waals surface area contributed by atoms with Gasteiger partial charge in [0, 0.05) is 25.0 Å². The first-order chi connectivity index (χ1) is 8.33. The van der Waals surface area contributed by atoms with Crippen LogP contribution in [0, 0.1) is 0 Å². The summed E-state index contributed by atoms with van der Waals surface area (Å²) in [5.74, 6) is 1.45. The van der Waals surface area contributed by atoms with E-state index in [0.717, 1.165) is 16.9 Å². The lowest BCUT2D eigenvalue weighted by atomic mass is 10.2. The number of rotatable bonds is 2. The summed E-state index contributed by atoms with van der Waals surface area (Å²) in [5, 5.41) is 0. The Balaban J connectivity index is 1.99. The number of aryl methyl sites for hydroxylation is 1. The molecule has 3 nitrogen and oxygen atoms in total. The summed E-state index contributed by atoms with van der Waals surface area (Å²) in [4.78, 5) is 4.30. The molecule has 0 atom stereocenters. The van der Waals surface area contributed by atoms with Gasteiger partial charge >= 0.3 is 0 Å². The number of oxazole rings is 1. The molecule has 0 spiro atoms. The van der Waals surface area contributed by atoms with E-state index in [1.807, 2.05) is 60.4 Å². The van der Waals surface area contributed by atoms with E-state index in [1.54, 1.807) is 6.20 Å². The molecule has 0 radical (unpaired) electrons. The van der Waals surface area contributed by atoms with Gasteiger partial charge in [-0.15, -0.1) is 0 Å². The van der Waals surface area contributed by atoms with Crippen LogP contribution in [0.3, 0.4) is 0 Å². The van der Waals surface area contributed by atoms with Crippen molar-refractivity contribution < 1.29 is 4.42 Å². The third kappa shape index (κ3) is 1.87. The van der Waals surface area contributed by atoms with Crippen molar-refractivity contribution in [1.29, 1.82) is 0 Å². The van der Waals surface area contributed by atoms with Crippen molar-refractivity contribution in [3.8, 4) is 22.8 Å². The largest absolute Gasteiger partial charge is 0.436 e. The van der Waals surface area contributed by atoms with Crippen molar-refractivity contribution in [2.75, 3.05) is 0 Å². The molecule has 84 valence electrons. The molecule has 0 unspecified atom stereocenters. The molecule has 2 aromatic heterocycles. The van der Waals surface area contributed by atoms with Gasteiger partial charge in [0.25, 0.3) is 0 Å². The van der Waals surface area contributed by atoms with E-state index >= 15 is 0 Å². The fraction of sp³-hybridized carbons (Fsp3) is 0.0714. The van der Waals surface area contributed by atoms with Gasteiger partial charge in [-0.25, -0.2) is 4.98 Å². The Morgan fingerprint density at radius 2 is 1.88 bits per heavy atom. The zero-order chi connectivity index (χ0) is 11.7. The second-order valence-corrected chi connectivity index (χ2v) is 3.96. The van der Waals surface area contributed by atoms with Crippen molar-refractivity contribution in [3.05, 3.63) is 55.0 Å². The highest BCUT2D eigenvalue weighted by molar-refractivity contribution is 5.60. The van der Waals surface area contributed by atoms with Crippen LogP contribution in [0.25, 0.3) is 22.8 Å². The molecule has 17 heavy (non-hydrogen) atoms. The topological polar surface area (TPSA) is 31.0 Å². The summed E-state index contributed by atoms with van der Waals surface area (Å²) in [7, 11) is 1.98. The van der Waals surface area contributed by atoms with Gasteiger partial charge in [0.15, 0.2) is 5.76 Å². The third-order valence-corrected chi connectivity index (χ3v) is 2.64. The lowest BCUT2D eigenvalue weighted by Gasteiger charge is -1.94. The molecule has 3 rings (SSSR count). The van der Waals surface area contributed by atoms with Gasteiger partial charge in [-0.2, -0.15) is 0 Å². The fourth-order valence-corrected chi connectivity index (χ4v) is 1.77. The van der Waals surface area contributed by atoms with Gasteiger partial charge in [-0.3, -0.25) is 0 Å². The first-order valence-corrected chi connectivity index (χ1v) is 5.46. The van der Waals surface area contributed by atoms with E-state index in [0.29, 0.717) is 5.89 Å². The van der Waals surface area contributed by atoms with E-state index in [4.69, 9.17) is 4.42 Å². The molecule has 0 saturated heterocycles. The van der Waals surface area contributed by atoms with E-state index < -0.39 is 0 Å². The molecule has 2 heterocycles. The smallest absolute Gasteiger partial charge is 0.228 e. The first kappa shape index (κ1) is 9.90. The Bertz CT molecular complexity index is 622. The summed E-state index contributed by atoms with van der Waals surface area (Å²) in [5.41, 5.74) is 2.04. The van der Waals surface area contributed by atoms with Crippen LogP contribution in [0.4, 0.5) is 0 Å². The van der Waals surface area contributed by atoms with Crippen LogP contribution in [-0.4, -0.2) is 9.55 Å². The zero-order valence-electron chi connectivity index (χ0n) is 9.50. The van der Waals surface area contributed by atoms with Gasteiger partial charge in [-0.1, -0.05) is 30.3 Å². The average Bonchev–Trinajstić information content (AvgIpc) is 2.98. The van der Waals surface area contributed by atoms with Crippen LogP contribution < -0.4 is 0 Å². The molecule has 0 aliphatic heterocycles. The van der Waals surface area contributed by atoms with Gasteiger partial charge in [0.2, 0.25) is 5.89 Å². The maximum absolute atomic E-state index is 5.74. The lowest BCUT2D eigenvalue weighted by molar-refractivity contribution is 0.588. The van der Waals surface area contributed by atoms with Gasteiger partial charge in [0.1, 0.15) is 0 Å². The van der Waals surface area contributed by atoms with Crippen LogP contribution in [0.2, 0.25) is 0 Å². The highest BCUT2D eigenvalue weighted by atomic mass is 16.4. The molecular weight excluding hydrogens is 212 g/mol. The maximum Gasteiger partial charge on any atom is 0.228 e. The standard InChI is InChI=1S/C14H12N2O/c1-16-8-7-12(10-16)14-15-9-13(17-14)11-5-3-2-4-6-11/h2-10H,1H3. The van der Waals surface area contributed by atoms with Crippen LogP contribution >= 0.6 is 0 Å². The zero-order valence-corrected chi connectivity index (χ0v) is 9.50. The Morgan fingerprint density at radius 1 is 1.06 bits per heavy atom. The summed E-state index contributed by atoms with van der Waals surface area (Å²) >= 11 is 0. The van der Waals surface area contributed by atoms with Gasteiger partial charge in [0.05, 0.1) is 11.8 Å². The molecule has 0 bridgehead atoms. The van der Waals surface area contributed by atoms with Crippen LogP contribution in [0.15, 0.2) is 59.4 Å². The monoisotopic (exact) mass is 224 g/mol. The van der Waals surface area contributed by atoms with Crippen molar-refractivity contribution in [2.45, 2.75) is 0 Å². The second kappa shape index (κ2) is 3.94. The Kier molecular flexibility index (Phi) is 2.29. The predicted molar refractivity (Wildman–Crippen MR) is 66.3 cm³/mol. The molecule has 3 heteroatoms. The van der Waals surface area contributed by atoms with Gasteiger partial charge < -0.3 is 8.98 Å². The molecule has 3 aromatic rings. The first-order valence-electron chi connectivity index (χ1n) is 5.46. The normalized spacial score (nSPS) is 10.6. The number of benzene rings is 1. The summed E-state index contributed by atoms with van der Waals surface area (Å²) in [6.07, 6.45) is 5.72. The van der Waals surface area contributed by atoms with Crippen LogP contribution in [-0.2, 0) is 7.05 Å². The van der Waals surface area contributed by atoms with Crippen molar-refractivity contribution in [2.24, 2.45) is 7.05 Å². The molecule has 0 saturated carbocycles. The van der Waals surface area contributed by atoms with Crippen LogP contribution in [0.1, 0.15) is 0 Å². The Morgan fingerprint density at radius 3 is 2.59 bits per heavy atom. The average molecular weight is 224 g/mol. The molecule has 0 aliphatic carbocycles. The number of aromatic nitrogens is 2. The maximum atomic E-state index is 5.74. The van der Waals surface area contributed by atoms with E-state index in [2.05, 4.69) is 4.98 Å². The summed E-state index contributed by atoms with van der Waals surface area (Å²) in [6, 6.07) is 12.0. The van der Waals surface area contributed by atoms with Crippen LogP contribution in [0.5, 0.6) is 0 Å². The molecule has 0 aliphatic rings. The van der Waals surface area contributed by atoms with Crippen molar-refractivity contribution in [3.63, 3.8) is 0 Å².